The van der Waals surface area contributed by atoms with E-state index in [1.165, 1.54) is 0 Å². The largest absolute Gasteiger partial charge is 0.497 e. The molecule has 6 heteroatoms. The van der Waals surface area contributed by atoms with Crippen molar-refractivity contribution in [2.24, 2.45) is 0 Å². The zero-order chi connectivity index (χ0) is 15.8. The summed E-state index contributed by atoms with van der Waals surface area (Å²) in [6, 6.07) is 5.19. The summed E-state index contributed by atoms with van der Waals surface area (Å²) in [7, 11) is 1.55. The molecule has 0 aliphatic carbocycles. The van der Waals surface area contributed by atoms with Crippen LogP contribution in [0.15, 0.2) is 22.7 Å². The fraction of sp³-hybridized carbons (Fsp3) is 0.467. The second-order valence-electron chi connectivity index (χ2n) is 4.42. The molecule has 1 N–H and O–H groups in total. The Kier molecular flexibility index (Phi) is 7.22. The summed E-state index contributed by atoms with van der Waals surface area (Å²) in [4.78, 5) is 25.7. The maximum Gasteiger partial charge on any atom is 0.252 e. The average molecular weight is 357 g/mol. The minimum atomic E-state index is -0.229. The van der Waals surface area contributed by atoms with Crippen molar-refractivity contribution in [1.82, 2.24) is 10.2 Å². The predicted octanol–water partition coefficient (Wildman–Crippen LogP) is 2.45. The van der Waals surface area contributed by atoms with Gasteiger partial charge in [-0.25, -0.2) is 0 Å². The Morgan fingerprint density at radius 3 is 2.52 bits per heavy atom. The maximum atomic E-state index is 12.1. The minimum Gasteiger partial charge on any atom is -0.497 e. The summed E-state index contributed by atoms with van der Waals surface area (Å²) in [6.07, 6.45) is 0.301. The molecule has 0 heterocycles. The van der Waals surface area contributed by atoms with Gasteiger partial charge < -0.3 is 15.0 Å². The normalized spacial score (nSPS) is 10.1. The van der Waals surface area contributed by atoms with E-state index in [0.717, 1.165) is 0 Å². The molecule has 1 aromatic carbocycles. The average Bonchev–Trinajstić information content (AvgIpc) is 2.48. The van der Waals surface area contributed by atoms with Gasteiger partial charge in [0.25, 0.3) is 5.91 Å². The van der Waals surface area contributed by atoms with Crippen molar-refractivity contribution in [1.29, 1.82) is 0 Å². The Bertz CT molecular complexity index is 502. The molecule has 1 rings (SSSR count). The molecule has 116 valence electrons. The second-order valence-corrected chi connectivity index (χ2v) is 5.27. The van der Waals surface area contributed by atoms with Crippen molar-refractivity contribution < 1.29 is 14.3 Å². The molecule has 5 nitrogen and oxygen atoms in total. The number of carbonyl (C=O) groups excluding carboxylic acids is 2. The Labute approximate surface area is 133 Å². The SMILES string of the molecule is CCN(CC)C(=O)CCNC(=O)c1cc(OC)ccc1Br. The molecule has 0 aliphatic rings. The highest BCUT2D eigenvalue weighted by molar-refractivity contribution is 9.10. The van der Waals surface area contributed by atoms with Crippen LogP contribution in [0.2, 0.25) is 0 Å². The highest BCUT2D eigenvalue weighted by Gasteiger charge is 2.13. The summed E-state index contributed by atoms with van der Waals surface area (Å²) in [5, 5.41) is 2.75. The molecule has 2 amide bonds. The number of rotatable bonds is 7. The first-order chi connectivity index (χ1) is 10.0. The number of ether oxygens (including phenoxy) is 1. The van der Waals surface area contributed by atoms with Crippen LogP contribution in [0.4, 0.5) is 0 Å². The topological polar surface area (TPSA) is 58.6 Å². The number of methoxy groups -OCH3 is 1. The number of hydrogen-bond donors (Lipinski definition) is 1. The molecule has 0 unspecified atom stereocenters. The Morgan fingerprint density at radius 1 is 1.29 bits per heavy atom. The van der Waals surface area contributed by atoms with Gasteiger partial charge >= 0.3 is 0 Å². The summed E-state index contributed by atoms with van der Waals surface area (Å²) in [5.41, 5.74) is 0.490. The number of halogens is 1. The summed E-state index contributed by atoms with van der Waals surface area (Å²) in [5.74, 6) is 0.431. The predicted molar refractivity (Wildman–Crippen MR) is 85.6 cm³/mol. The third-order valence-electron chi connectivity index (χ3n) is 3.16. The first-order valence-corrected chi connectivity index (χ1v) is 7.72. The minimum absolute atomic E-state index is 0.0463. The van der Waals surface area contributed by atoms with Gasteiger partial charge in [0.05, 0.1) is 12.7 Å². The molecule has 1 aromatic rings. The van der Waals surface area contributed by atoms with Crippen LogP contribution in [0.1, 0.15) is 30.6 Å². The standard InChI is InChI=1S/C15H21BrN2O3/c1-4-18(5-2)14(19)8-9-17-15(20)12-10-11(21-3)6-7-13(12)16/h6-7,10H,4-5,8-9H2,1-3H3,(H,17,20). The lowest BCUT2D eigenvalue weighted by molar-refractivity contribution is -0.130. The van der Waals surface area contributed by atoms with Gasteiger partial charge in [0.1, 0.15) is 5.75 Å². The molecular weight excluding hydrogens is 336 g/mol. The molecular formula is C15H21BrN2O3. The van der Waals surface area contributed by atoms with Crippen molar-refractivity contribution in [3.8, 4) is 5.75 Å². The van der Waals surface area contributed by atoms with Crippen molar-refractivity contribution in [2.75, 3.05) is 26.7 Å². The van der Waals surface area contributed by atoms with E-state index >= 15 is 0 Å². The molecule has 0 spiro atoms. The van der Waals surface area contributed by atoms with Crippen molar-refractivity contribution in [2.45, 2.75) is 20.3 Å². The monoisotopic (exact) mass is 356 g/mol. The molecule has 0 aliphatic heterocycles. The molecule has 0 radical (unpaired) electrons. The van der Waals surface area contributed by atoms with Gasteiger partial charge in [0.15, 0.2) is 0 Å². The van der Waals surface area contributed by atoms with E-state index in [0.29, 0.717) is 41.8 Å². The number of nitrogens with zero attached hydrogens (tertiary/aromatic N) is 1. The molecule has 0 atom stereocenters. The summed E-state index contributed by atoms with van der Waals surface area (Å²) >= 11 is 3.34. The molecule has 0 bridgehead atoms. The van der Waals surface area contributed by atoms with Gasteiger partial charge in [0.2, 0.25) is 5.91 Å². The van der Waals surface area contributed by atoms with E-state index in [1.54, 1.807) is 30.2 Å². The lowest BCUT2D eigenvalue weighted by atomic mass is 10.2. The van der Waals surface area contributed by atoms with Gasteiger partial charge in [-0.05, 0) is 48.0 Å². The van der Waals surface area contributed by atoms with Crippen LogP contribution < -0.4 is 10.1 Å². The van der Waals surface area contributed by atoms with E-state index in [1.807, 2.05) is 13.8 Å². The van der Waals surface area contributed by atoms with Gasteiger partial charge in [-0.15, -0.1) is 0 Å². The highest BCUT2D eigenvalue weighted by Crippen LogP contribution is 2.22. The number of carbonyl (C=O) groups is 2. The van der Waals surface area contributed by atoms with E-state index < -0.39 is 0 Å². The number of nitrogens with one attached hydrogen (secondary N) is 1. The van der Waals surface area contributed by atoms with Crippen LogP contribution in [0.5, 0.6) is 5.75 Å². The molecule has 0 aromatic heterocycles. The maximum absolute atomic E-state index is 12.1. The van der Waals surface area contributed by atoms with Crippen LogP contribution in [0.3, 0.4) is 0 Å². The Morgan fingerprint density at radius 2 is 1.95 bits per heavy atom. The van der Waals surface area contributed by atoms with E-state index in [4.69, 9.17) is 4.74 Å². The smallest absolute Gasteiger partial charge is 0.252 e. The van der Waals surface area contributed by atoms with Crippen LogP contribution in [-0.2, 0) is 4.79 Å². The number of hydrogen-bond acceptors (Lipinski definition) is 3. The Hall–Kier alpha value is -1.56. The molecule has 0 fully saturated rings. The first-order valence-electron chi connectivity index (χ1n) is 6.93. The van der Waals surface area contributed by atoms with Crippen LogP contribution in [0.25, 0.3) is 0 Å². The fourth-order valence-electron chi connectivity index (χ4n) is 1.92. The van der Waals surface area contributed by atoms with Gasteiger partial charge in [-0.3, -0.25) is 9.59 Å². The van der Waals surface area contributed by atoms with Crippen molar-refractivity contribution in [3.05, 3.63) is 28.2 Å². The van der Waals surface area contributed by atoms with Crippen LogP contribution in [-0.4, -0.2) is 43.5 Å². The van der Waals surface area contributed by atoms with Crippen molar-refractivity contribution in [3.63, 3.8) is 0 Å². The zero-order valence-corrected chi connectivity index (χ0v) is 14.2. The van der Waals surface area contributed by atoms with E-state index in [9.17, 15) is 9.59 Å². The van der Waals surface area contributed by atoms with Crippen LogP contribution in [0, 0.1) is 0 Å². The zero-order valence-electron chi connectivity index (χ0n) is 12.6. The molecule has 0 saturated heterocycles. The first kappa shape index (κ1) is 17.5. The van der Waals surface area contributed by atoms with Crippen LogP contribution >= 0.6 is 15.9 Å². The second kappa shape index (κ2) is 8.67. The summed E-state index contributed by atoms with van der Waals surface area (Å²) in [6.45, 7) is 5.56. The van der Waals surface area contributed by atoms with Gasteiger partial charge in [0, 0.05) is 30.5 Å². The number of benzene rings is 1. The van der Waals surface area contributed by atoms with Crippen molar-refractivity contribution >= 4 is 27.7 Å². The van der Waals surface area contributed by atoms with E-state index in [-0.39, 0.29) is 11.8 Å². The third-order valence-corrected chi connectivity index (χ3v) is 3.85. The highest BCUT2D eigenvalue weighted by atomic mass is 79.9. The quantitative estimate of drug-likeness (QED) is 0.816. The lowest BCUT2D eigenvalue weighted by Gasteiger charge is -2.18. The van der Waals surface area contributed by atoms with E-state index in [2.05, 4.69) is 21.2 Å². The molecule has 0 saturated carbocycles. The fourth-order valence-corrected chi connectivity index (χ4v) is 2.34. The molecule has 21 heavy (non-hydrogen) atoms. The Balaban J connectivity index is 2.56. The van der Waals surface area contributed by atoms with Gasteiger partial charge in [-0.2, -0.15) is 0 Å². The third kappa shape index (κ3) is 5.04. The van der Waals surface area contributed by atoms with Gasteiger partial charge in [-0.1, -0.05) is 0 Å². The number of amides is 2. The lowest BCUT2D eigenvalue weighted by Crippen LogP contribution is -2.34. The summed E-state index contributed by atoms with van der Waals surface area (Å²) < 4.78 is 5.79.